The highest BCUT2D eigenvalue weighted by Crippen LogP contribution is 2.44. The normalized spacial score (nSPS) is 23.5. The molecule has 6 nitrogen and oxygen atoms in total. The van der Waals surface area contributed by atoms with Gasteiger partial charge in [0.05, 0.1) is 18.0 Å². The number of rotatable bonds is 6. The Bertz CT molecular complexity index is 676. The Morgan fingerprint density at radius 1 is 1.24 bits per heavy atom. The summed E-state index contributed by atoms with van der Waals surface area (Å²) in [4.78, 5) is 26.1. The summed E-state index contributed by atoms with van der Waals surface area (Å²) >= 11 is 0. The molecule has 2 heterocycles. The van der Waals surface area contributed by atoms with Crippen LogP contribution in [0, 0.1) is 37.5 Å². The maximum Gasteiger partial charge on any atom is 0.308 e. The van der Waals surface area contributed by atoms with Gasteiger partial charge in [-0.2, -0.15) is 5.10 Å². The van der Waals surface area contributed by atoms with Crippen molar-refractivity contribution < 1.29 is 14.7 Å². The van der Waals surface area contributed by atoms with Crippen molar-refractivity contribution in [3.8, 4) is 0 Å². The van der Waals surface area contributed by atoms with Gasteiger partial charge in [0.25, 0.3) is 0 Å². The summed E-state index contributed by atoms with van der Waals surface area (Å²) in [6.07, 6.45) is 2.53. The van der Waals surface area contributed by atoms with Crippen molar-refractivity contribution in [1.82, 2.24) is 14.7 Å². The van der Waals surface area contributed by atoms with Gasteiger partial charge in [-0.15, -0.1) is 0 Å². The summed E-state index contributed by atoms with van der Waals surface area (Å²) in [6.45, 7) is 10.1. The summed E-state index contributed by atoms with van der Waals surface area (Å²) in [5.74, 6) is -0.00412. The van der Waals surface area contributed by atoms with Crippen molar-refractivity contribution in [2.45, 2.75) is 53.5 Å². The Morgan fingerprint density at radius 2 is 1.92 bits per heavy atom. The fraction of sp³-hybridized carbons (Fsp3) is 0.737. The molecule has 0 bridgehead atoms. The van der Waals surface area contributed by atoms with Gasteiger partial charge in [-0.3, -0.25) is 14.3 Å². The first-order valence-electron chi connectivity index (χ1n) is 9.31. The number of likely N-dealkylation sites (tertiary alicyclic amines) is 1. The smallest absolute Gasteiger partial charge is 0.308 e. The molecule has 1 saturated heterocycles. The lowest BCUT2D eigenvalue weighted by molar-refractivity contribution is -0.142. The average molecular weight is 347 g/mol. The second-order valence-electron chi connectivity index (χ2n) is 8.15. The number of carboxylic acid groups (broad SMARTS) is 1. The lowest BCUT2D eigenvalue weighted by Gasteiger charge is -2.16. The van der Waals surface area contributed by atoms with Crippen molar-refractivity contribution >= 4 is 11.9 Å². The summed E-state index contributed by atoms with van der Waals surface area (Å²) in [6, 6.07) is 0. The van der Waals surface area contributed by atoms with Gasteiger partial charge in [0, 0.05) is 30.9 Å². The van der Waals surface area contributed by atoms with Crippen molar-refractivity contribution in [3.63, 3.8) is 0 Å². The summed E-state index contributed by atoms with van der Waals surface area (Å²) in [7, 11) is 0. The van der Waals surface area contributed by atoms with E-state index in [1.807, 2.05) is 18.5 Å². The molecule has 2 aliphatic rings. The van der Waals surface area contributed by atoms with E-state index in [1.165, 1.54) is 0 Å². The Labute approximate surface area is 149 Å². The maximum atomic E-state index is 12.8. The van der Waals surface area contributed by atoms with Crippen LogP contribution in [0.4, 0.5) is 0 Å². The highest BCUT2D eigenvalue weighted by molar-refractivity contribution is 5.81. The molecule has 2 fully saturated rings. The number of carbonyl (C=O) groups excluding carboxylic acids is 1. The number of aryl methyl sites for hydroxylation is 1. The topological polar surface area (TPSA) is 75.4 Å². The molecular formula is C19H29N3O3. The van der Waals surface area contributed by atoms with Gasteiger partial charge in [0.15, 0.2) is 0 Å². The number of carbonyl (C=O) groups is 2. The van der Waals surface area contributed by atoms with Crippen LogP contribution in [0.3, 0.4) is 0 Å². The average Bonchev–Trinajstić information content (AvgIpc) is 3.22. The zero-order valence-corrected chi connectivity index (χ0v) is 15.7. The molecular weight excluding hydrogens is 318 g/mol. The molecule has 1 aliphatic heterocycles. The third-order valence-corrected chi connectivity index (χ3v) is 5.66. The Balaban J connectivity index is 1.70. The SMILES string of the molecule is Cc1nn(CC(C)C)c(C)c1CC(=O)N1C[C@H](C(=O)O)[C@@H](C2CC2)C1. The maximum absolute atomic E-state index is 12.8. The lowest BCUT2D eigenvalue weighted by atomic mass is 9.92. The molecule has 1 aromatic rings. The molecule has 0 aromatic carbocycles. The molecule has 0 radical (unpaired) electrons. The Morgan fingerprint density at radius 3 is 2.48 bits per heavy atom. The van der Waals surface area contributed by atoms with Gasteiger partial charge >= 0.3 is 5.97 Å². The Kier molecular flexibility index (Phi) is 4.89. The molecule has 1 N–H and O–H groups in total. The van der Waals surface area contributed by atoms with Crippen LogP contribution in [0.1, 0.15) is 43.6 Å². The largest absolute Gasteiger partial charge is 0.481 e. The summed E-state index contributed by atoms with van der Waals surface area (Å²) in [5, 5.41) is 14.1. The molecule has 0 unspecified atom stereocenters. The number of hydrogen-bond donors (Lipinski definition) is 1. The number of aromatic nitrogens is 2. The number of nitrogens with zero attached hydrogens (tertiary/aromatic N) is 3. The molecule has 6 heteroatoms. The van der Waals surface area contributed by atoms with Crippen molar-refractivity contribution in [3.05, 3.63) is 17.0 Å². The Hall–Kier alpha value is -1.85. The molecule has 25 heavy (non-hydrogen) atoms. The van der Waals surface area contributed by atoms with E-state index < -0.39 is 11.9 Å². The second-order valence-corrected chi connectivity index (χ2v) is 8.15. The molecule has 0 spiro atoms. The van der Waals surface area contributed by atoms with E-state index in [2.05, 4.69) is 18.9 Å². The third kappa shape index (κ3) is 3.72. The zero-order chi connectivity index (χ0) is 18.3. The van der Waals surface area contributed by atoms with Crippen molar-refractivity contribution in [1.29, 1.82) is 0 Å². The molecule has 1 aliphatic carbocycles. The molecule has 2 atom stereocenters. The van der Waals surface area contributed by atoms with Crippen LogP contribution in [-0.2, 0) is 22.6 Å². The quantitative estimate of drug-likeness (QED) is 0.856. The van der Waals surface area contributed by atoms with Crippen LogP contribution in [0.15, 0.2) is 0 Å². The predicted octanol–water partition coefficient (Wildman–Crippen LogP) is 2.27. The van der Waals surface area contributed by atoms with E-state index in [4.69, 9.17) is 0 Å². The van der Waals surface area contributed by atoms with Crippen molar-refractivity contribution in [2.75, 3.05) is 13.1 Å². The van der Waals surface area contributed by atoms with Gasteiger partial charge in [-0.1, -0.05) is 13.8 Å². The summed E-state index contributed by atoms with van der Waals surface area (Å²) < 4.78 is 1.99. The van der Waals surface area contributed by atoms with E-state index in [1.54, 1.807) is 4.90 Å². The van der Waals surface area contributed by atoms with Crippen molar-refractivity contribution in [2.24, 2.45) is 23.7 Å². The van der Waals surface area contributed by atoms with Crippen LogP contribution in [-0.4, -0.2) is 44.8 Å². The van der Waals surface area contributed by atoms with Crippen LogP contribution in [0.25, 0.3) is 0 Å². The molecule has 3 rings (SSSR count). The van der Waals surface area contributed by atoms with Crippen LogP contribution in [0.5, 0.6) is 0 Å². The number of carboxylic acids is 1. The first-order chi connectivity index (χ1) is 11.8. The molecule has 138 valence electrons. The predicted molar refractivity (Wildman–Crippen MR) is 94.2 cm³/mol. The standard InChI is InChI=1S/C19H29N3O3/c1-11(2)8-22-13(4)15(12(3)20-22)7-18(23)21-9-16(14-5-6-14)17(10-21)19(24)25/h11,14,16-17H,5-10H2,1-4H3,(H,24,25)/t16-,17+/m1/s1. The van der Waals surface area contributed by atoms with Crippen LogP contribution < -0.4 is 0 Å². The highest BCUT2D eigenvalue weighted by Gasteiger charge is 2.46. The van der Waals surface area contributed by atoms with E-state index in [0.717, 1.165) is 36.3 Å². The molecule has 1 saturated carbocycles. The zero-order valence-electron chi connectivity index (χ0n) is 15.7. The minimum atomic E-state index is -0.760. The first-order valence-corrected chi connectivity index (χ1v) is 9.31. The van der Waals surface area contributed by atoms with E-state index in [-0.39, 0.29) is 11.8 Å². The lowest BCUT2D eigenvalue weighted by Crippen LogP contribution is -2.31. The minimum Gasteiger partial charge on any atom is -0.481 e. The fourth-order valence-corrected chi connectivity index (χ4v) is 4.07. The van der Waals surface area contributed by atoms with E-state index in [0.29, 0.717) is 31.3 Å². The van der Waals surface area contributed by atoms with Gasteiger partial charge < -0.3 is 10.0 Å². The van der Waals surface area contributed by atoms with Crippen LogP contribution in [0.2, 0.25) is 0 Å². The first kappa shape index (κ1) is 18.0. The monoisotopic (exact) mass is 347 g/mol. The number of hydrogen-bond acceptors (Lipinski definition) is 3. The summed E-state index contributed by atoms with van der Waals surface area (Å²) in [5.41, 5.74) is 2.94. The molecule has 1 amide bonds. The second kappa shape index (κ2) is 6.81. The van der Waals surface area contributed by atoms with E-state index in [9.17, 15) is 14.7 Å². The van der Waals surface area contributed by atoms with Gasteiger partial charge in [0.2, 0.25) is 5.91 Å². The number of aliphatic carboxylic acids is 1. The van der Waals surface area contributed by atoms with Gasteiger partial charge in [0.1, 0.15) is 0 Å². The van der Waals surface area contributed by atoms with E-state index >= 15 is 0 Å². The third-order valence-electron chi connectivity index (χ3n) is 5.66. The fourth-order valence-electron chi connectivity index (χ4n) is 4.07. The minimum absolute atomic E-state index is 0.0321. The van der Waals surface area contributed by atoms with Gasteiger partial charge in [-0.05, 0) is 44.4 Å². The molecule has 1 aromatic heterocycles. The van der Waals surface area contributed by atoms with Gasteiger partial charge in [-0.25, -0.2) is 0 Å². The highest BCUT2D eigenvalue weighted by atomic mass is 16.4. The number of amides is 1. The van der Waals surface area contributed by atoms with Crippen LogP contribution >= 0.6 is 0 Å².